The summed E-state index contributed by atoms with van der Waals surface area (Å²) in [6, 6.07) is 14.4. The number of hydrogen-bond donors (Lipinski definition) is 0. The zero-order valence-corrected chi connectivity index (χ0v) is 19.1. The second-order valence-electron chi connectivity index (χ2n) is 8.70. The zero-order valence-electron chi connectivity index (χ0n) is 18.1. The van der Waals surface area contributed by atoms with Crippen LogP contribution in [0.2, 0.25) is 6.55 Å². The molecule has 1 aliphatic rings. The largest absolute Gasteiger partial charge is 0.145 e. The lowest BCUT2D eigenvalue weighted by Crippen LogP contribution is -2.58. The minimum Gasteiger partial charge on any atom is -0.0804 e. The molecule has 0 nitrogen and oxygen atoms in total. The van der Waals surface area contributed by atoms with Gasteiger partial charge in [0.25, 0.3) is 0 Å². The quantitative estimate of drug-likeness (QED) is 0.567. The fourth-order valence-corrected chi connectivity index (χ4v) is 9.19. The van der Waals surface area contributed by atoms with Gasteiger partial charge in [-0.3, -0.25) is 0 Å². The van der Waals surface area contributed by atoms with Gasteiger partial charge in [-0.2, -0.15) is 0 Å². The van der Waals surface area contributed by atoms with Gasteiger partial charge in [0, 0.05) is 0 Å². The van der Waals surface area contributed by atoms with Gasteiger partial charge in [0.2, 0.25) is 0 Å². The fourth-order valence-electron chi connectivity index (χ4n) is 4.72. The van der Waals surface area contributed by atoms with Crippen molar-refractivity contribution in [1.29, 1.82) is 0 Å². The van der Waals surface area contributed by atoms with Crippen LogP contribution >= 0.6 is 0 Å². The van der Waals surface area contributed by atoms with E-state index in [-0.39, 0.29) is 0 Å². The van der Waals surface area contributed by atoms with E-state index in [9.17, 15) is 0 Å². The van der Waals surface area contributed by atoms with Crippen molar-refractivity contribution in [2.24, 2.45) is 5.92 Å². The first-order chi connectivity index (χ1) is 12.8. The second kappa shape index (κ2) is 7.64. The highest BCUT2D eigenvalue weighted by Gasteiger charge is 2.39. The molecule has 0 amide bonds. The molecular weight excluding hydrogens is 340 g/mol. The summed E-state index contributed by atoms with van der Waals surface area (Å²) in [5.74, 6) is 0.627. The molecule has 0 aliphatic heterocycles. The van der Waals surface area contributed by atoms with E-state index in [1.807, 2.05) is 0 Å². The molecule has 1 atom stereocenters. The van der Waals surface area contributed by atoms with Crippen molar-refractivity contribution >= 4 is 18.4 Å². The summed E-state index contributed by atoms with van der Waals surface area (Å²) in [6.45, 7) is 16.2. The molecule has 1 unspecified atom stereocenters. The molecule has 0 N–H and O–H groups in total. The Kier molecular flexibility index (Phi) is 5.62. The third-order valence-electron chi connectivity index (χ3n) is 6.25. The monoisotopic (exact) mass is 374 g/mol. The molecule has 0 spiro atoms. The van der Waals surface area contributed by atoms with Crippen molar-refractivity contribution in [2.75, 3.05) is 0 Å². The first-order valence-electron chi connectivity index (χ1n) is 10.3. The highest BCUT2D eigenvalue weighted by atomic mass is 28.3. The molecule has 2 aromatic carbocycles. The molecule has 142 valence electrons. The Labute approximate surface area is 167 Å². The first-order valence-corrected chi connectivity index (χ1v) is 12.8. The molecule has 0 saturated heterocycles. The molecular formula is C26H34Si. The van der Waals surface area contributed by atoms with E-state index in [4.69, 9.17) is 0 Å². The van der Waals surface area contributed by atoms with Crippen molar-refractivity contribution in [1.82, 2.24) is 0 Å². The third kappa shape index (κ3) is 3.75. The molecule has 0 bridgehead atoms. The van der Waals surface area contributed by atoms with Crippen LogP contribution in [0.15, 0.2) is 59.3 Å². The molecule has 0 saturated carbocycles. The molecule has 1 heteroatoms. The summed E-state index contributed by atoms with van der Waals surface area (Å²) in [6.07, 6.45) is 7.31. The van der Waals surface area contributed by atoms with Crippen LogP contribution in [0.1, 0.15) is 48.9 Å². The summed E-state index contributed by atoms with van der Waals surface area (Å²) in [5, 5.41) is 4.74. The summed E-state index contributed by atoms with van der Waals surface area (Å²) in [7, 11) is -2.04. The van der Waals surface area contributed by atoms with Gasteiger partial charge in [0.05, 0.1) is 0 Å². The van der Waals surface area contributed by atoms with E-state index in [0.29, 0.717) is 5.92 Å². The number of hydrogen-bond acceptors (Lipinski definition) is 0. The topological polar surface area (TPSA) is 0 Å². The lowest BCUT2D eigenvalue weighted by molar-refractivity contribution is 0.668. The number of rotatable bonds is 5. The smallest absolute Gasteiger partial charge is 0.0804 e. The average Bonchev–Trinajstić information content (AvgIpc) is 3.08. The van der Waals surface area contributed by atoms with Crippen molar-refractivity contribution in [3.63, 3.8) is 0 Å². The summed E-state index contributed by atoms with van der Waals surface area (Å²) >= 11 is 0. The van der Waals surface area contributed by atoms with Gasteiger partial charge in [-0.25, -0.2) is 0 Å². The Balaban J connectivity index is 2.28. The summed E-state index contributed by atoms with van der Waals surface area (Å²) in [4.78, 5) is 0. The lowest BCUT2D eigenvalue weighted by atomic mass is 10.00. The first kappa shape index (κ1) is 19.9. The van der Waals surface area contributed by atoms with E-state index in [2.05, 4.69) is 96.6 Å². The van der Waals surface area contributed by atoms with Crippen LogP contribution in [0.3, 0.4) is 0 Å². The van der Waals surface area contributed by atoms with Crippen LogP contribution in [0, 0.1) is 33.6 Å². The van der Waals surface area contributed by atoms with E-state index < -0.39 is 8.07 Å². The summed E-state index contributed by atoms with van der Waals surface area (Å²) in [5.41, 5.74) is 7.10. The standard InChI is InChI=1S/C26H34Si/c1-8-22(6)25-10-9-11-26(25)27(7,23-14-18(2)12-19(3)15-23)24-16-20(4)13-21(5)17-24/h10-17,22H,8-9H2,1-7H3. The fraction of sp³-hybridized carbons (Fsp3) is 0.385. The Morgan fingerprint density at radius 1 is 0.778 bits per heavy atom. The van der Waals surface area contributed by atoms with E-state index >= 15 is 0 Å². The predicted octanol–water partition coefficient (Wildman–Crippen LogP) is 5.95. The minimum absolute atomic E-state index is 0.627. The van der Waals surface area contributed by atoms with Gasteiger partial charge in [-0.05, 0) is 62.4 Å². The Morgan fingerprint density at radius 3 is 1.63 bits per heavy atom. The van der Waals surface area contributed by atoms with Crippen LogP contribution in [0.25, 0.3) is 0 Å². The van der Waals surface area contributed by atoms with Crippen molar-refractivity contribution < 1.29 is 0 Å². The van der Waals surface area contributed by atoms with Crippen LogP contribution in [-0.2, 0) is 0 Å². The third-order valence-corrected chi connectivity index (χ3v) is 10.7. The van der Waals surface area contributed by atoms with Crippen molar-refractivity contribution in [3.8, 4) is 0 Å². The van der Waals surface area contributed by atoms with Crippen molar-refractivity contribution in [2.45, 2.75) is 60.9 Å². The van der Waals surface area contributed by atoms with Crippen LogP contribution in [0.4, 0.5) is 0 Å². The Morgan fingerprint density at radius 2 is 1.22 bits per heavy atom. The minimum atomic E-state index is -2.04. The molecule has 0 heterocycles. The Bertz CT molecular complexity index is 822. The molecule has 0 aromatic heterocycles. The number of benzene rings is 2. The molecule has 2 aromatic rings. The van der Waals surface area contributed by atoms with E-state index in [1.165, 1.54) is 28.7 Å². The van der Waals surface area contributed by atoms with Crippen LogP contribution < -0.4 is 10.4 Å². The molecule has 0 fully saturated rings. The maximum atomic E-state index is 2.57. The SMILES string of the molecule is CCC(C)C1=CCC=C1[Si](C)(c1cc(C)cc(C)c1)c1cc(C)cc(C)c1. The Hall–Kier alpha value is -1.86. The zero-order chi connectivity index (χ0) is 19.8. The molecule has 27 heavy (non-hydrogen) atoms. The van der Waals surface area contributed by atoms with Crippen LogP contribution in [0.5, 0.6) is 0 Å². The summed E-state index contributed by atoms with van der Waals surface area (Å²) < 4.78 is 0. The van der Waals surface area contributed by atoms with Crippen molar-refractivity contribution in [3.05, 3.63) is 81.6 Å². The predicted molar refractivity (Wildman–Crippen MR) is 123 cm³/mol. The van der Waals surface area contributed by atoms with Gasteiger partial charge in [-0.15, -0.1) is 0 Å². The van der Waals surface area contributed by atoms with Gasteiger partial charge in [-0.1, -0.05) is 96.4 Å². The molecule has 3 rings (SSSR count). The average molecular weight is 375 g/mol. The maximum absolute atomic E-state index is 2.57. The molecule has 0 radical (unpaired) electrons. The normalized spacial score (nSPS) is 15.5. The number of allylic oxidation sites excluding steroid dienone is 4. The number of aryl methyl sites for hydroxylation is 4. The van der Waals surface area contributed by atoms with Gasteiger partial charge in [0.1, 0.15) is 8.07 Å². The van der Waals surface area contributed by atoms with E-state index in [0.717, 1.165) is 6.42 Å². The molecule has 1 aliphatic carbocycles. The van der Waals surface area contributed by atoms with Crippen LogP contribution in [-0.4, -0.2) is 8.07 Å². The lowest BCUT2D eigenvalue weighted by Gasteiger charge is -2.34. The van der Waals surface area contributed by atoms with E-state index in [1.54, 1.807) is 21.1 Å². The van der Waals surface area contributed by atoms with Gasteiger partial charge in [0.15, 0.2) is 0 Å². The van der Waals surface area contributed by atoms with Gasteiger partial charge >= 0.3 is 0 Å². The second-order valence-corrected chi connectivity index (χ2v) is 12.6. The maximum Gasteiger partial charge on any atom is 0.145 e. The van der Waals surface area contributed by atoms with Gasteiger partial charge < -0.3 is 0 Å². The highest BCUT2D eigenvalue weighted by Crippen LogP contribution is 2.35. The highest BCUT2D eigenvalue weighted by molar-refractivity contribution is 7.07.